The first-order valence-electron chi connectivity index (χ1n) is 1.85. The third-order valence-electron chi connectivity index (χ3n) is 0.535. The van der Waals surface area contributed by atoms with Crippen molar-refractivity contribution in [1.29, 1.82) is 0 Å². The first kappa shape index (κ1) is 7.58. The maximum atomic E-state index is 11.4. The van der Waals surface area contributed by atoms with E-state index in [0.29, 0.717) is 0 Å². The van der Waals surface area contributed by atoms with E-state index in [2.05, 4.69) is 0 Å². The number of hydrogen-bond donors (Lipinski definition) is 0. The van der Waals surface area contributed by atoms with Crippen LogP contribution in [0.3, 0.4) is 0 Å². The van der Waals surface area contributed by atoms with Crippen molar-refractivity contribution in [3.8, 4) is 0 Å². The molecule has 0 saturated heterocycles. The van der Waals surface area contributed by atoms with Gasteiger partial charge in [0.05, 0.1) is 0 Å². The zero-order valence-electron chi connectivity index (χ0n) is 4.12. The van der Waals surface area contributed by atoms with Crippen molar-refractivity contribution in [2.24, 2.45) is 0 Å². The first-order valence-corrected chi connectivity index (χ1v) is 5.84. The van der Waals surface area contributed by atoms with Crippen LogP contribution in [-0.4, -0.2) is 19.9 Å². The summed E-state index contributed by atoms with van der Waals surface area (Å²) in [4.78, 5) is 0. The zero-order valence-corrected chi connectivity index (χ0v) is 6.45. The molecule has 4 heteroatoms. The Hall–Kier alpha value is 0.580. The van der Waals surface area contributed by atoms with Crippen molar-refractivity contribution in [3.63, 3.8) is 0 Å². The van der Waals surface area contributed by atoms with Crippen molar-refractivity contribution in [2.45, 2.75) is 17.8 Å². The van der Waals surface area contributed by atoms with Gasteiger partial charge in [0, 0.05) is 0 Å². The molecule has 0 aliphatic heterocycles. The van der Waals surface area contributed by atoms with Crippen molar-refractivity contribution in [3.05, 3.63) is 0 Å². The summed E-state index contributed by atoms with van der Waals surface area (Å²) >= 11 is -5.69. The fourth-order valence-electron chi connectivity index (χ4n) is 0. The van der Waals surface area contributed by atoms with Gasteiger partial charge >= 0.3 is 46.4 Å². The first-order chi connectivity index (χ1) is 2.94. The molecule has 0 amide bonds. The summed E-state index contributed by atoms with van der Waals surface area (Å²) < 4.78 is 33.1. The van der Waals surface area contributed by atoms with E-state index in [1.807, 2.05) is 0 Å². The van der Waals surface area contributed by atoms with Crippen LogP contribution in [-0.2, 0) is 0 Å². The van der Waals surface area contributed by atoms with Crippen molar-refractivity contribution < 1.29 is 8.68 Å². The molecule has 0 heterocycles. The van der Waals surface area contributed by atoms with E-state index in [1.54, 1.807) is 0 Å². The standard InChI is InChI=1S/C3H7F3Te/c1-3(2)7(4,5)6/h3H,1-2H3. The predicted octanol–water partition coefficient (Wildman–Crippen LogP) is 2.24. The van der Waals surface area contributed by atoms with Crippen LogP contribution in [0.1, 0.15) is 13.8 Å². The molecule has 0 unspecified atom stereocenters. The van der Waals surface area contributed by atoms with Gasteiger partial charge in [-0.2, -0.15) is 0 Å². The summed E-state index contributed by atoms with van der Waals surface area (Å²) in [5, 5.41) is 0. The Bertz CT molecular complexity index is 55.7. The third-order valence-corrected chi connectivity index (χ3v) is 3.59. The molecule has 0 aliphatic carbocycles. The number of hydrogen-bond acceptors (Lipinski definition) is 0. The van der Waals surface area contributed by atoms with Crippen LogP contribution in [0.2, 0.25) is 3.97 Å². The second-order valence-electron chi connectivity index (χ2n) is 1.49. The minimum absolute atomic E-state index is 1.01. The van der Waals surface area contributed by atoms with Crippen LogP contribution >= 0.6 is 0 Å². The Kier molecular flexibility index (Phi) is 2.42. The molecule has 0 fully saturated rings. The second kappa shape index (κ2) is 2.23. The van der Waals surface area contributed by atoms with Gasteiger partial charge in [0.1, 0.15) is 0 Å². The molecule has 0 bridgehead atoms. The van der Waals surface area contributed by atoms with Gasteiger partial charge in [-0.25, -0.2) is 0 Å². The summed E-state index contributed by atoms with van der Waals surface area (Å²) in [6.07, 6.45) is 0. The summed E-state index contributed by atoms with van der Waals surface area (Å²) in [6.45, 7) is 2.42. The van der Waals surface area contributed by atoms with Gasteiger partial charge in [-0.15, -0.1) is 0 Å². The zero-order chi connectivity index (χ0) is 6.08. The van der Waals surface area contributed by atoms with Crippen molar-refractivity contribution in [1.82, 2.24) is 0 Å². The Morgan fingerprint density at radius 1 is 1.14 bits per heavy atom. The summed E-state index contributed by atoms with van der Waals surface area (Å²) in [5.74, 6) is 0. The van der Waals surface area contributed by atoms with Crippen LogP contribution in [0, 0.1) is 0 Å². The van der Waals surface area contributed by atoms with E-state index >= 15 is 0 Å². The monoisotopic (exact) mass is 230 g/mol. The van der Waals surface area contributed by atoms with Gasteiger partial charge in [-0.3, -0.25) is 0 Å². The Balaban J connectivity index is 3.54. The average molecular weight is 228 g/mol. The molecule has 0 saturated carbocycles. The van der Waals surface area contributed by atoms with E-state index in [-0.39, 0.29) is 0 Å². The van der Waals surface area contributed by atoms with Gasteiger partial charge in [0.2, 0.25) is 0 Å². The molecule has 0 spiro atoms. The van der Waals surface area contributed by atoms with Crippen molar-refractivity contribution >= 4 is 19.9 Å². The van der Waals surface area contributed by atoms with Crippen LogP contribution in [0.15, 0.2) is 0 Å². The van der Waals surface area contributed by atoms with Crippen LogP contribution in [0.4, 0.5) is 8.68 Å². The summed E-state index contributed by atoms with van der Waals surface area (Å²) in [6, 6.07) is 0. The Morgan fingerprint density at radius 3 is 1.29 bits per heavy atom. The van der Waals surface area contributed by atoms with Gasteiger partial charge < -0.3 is 0 Å². The molecule has 0 rings (SSSR count). The fourth-order valence-corrected chi connectivity index (χ4v) is 0. The molecule has 0 radical (unpaired) electrons. The minimum atomic E-state index is -5.69. The maximum absolute atomic E-state index is 11.4. The molecular weight excluding hydrogens is 221 g/mol. The average Bonchev–Trinajstić information content (AvgIpc) is 1.31. The summed E-state index contributed by atoms with van der Waals surface area (Å²) in [5.41, 5.74) is 0. The topological polar surface area (TPSA) is 0 Å². The van der Waals surface area contributed by atoms with E-state index in [0.717, 1.165) is 0 Å². The van der Waals surface area contributed by atoms with Crippen LogP contribution < -0.4 is 0 Å². The molecular formula is C3H7F3Te. The molecule has 0 aromatic heterocycles. The van der Waals surface area contributed by atoms with E-state index in [9.17, 15) is 8.68 Å². The normalized spacial score (nSPS) is 15.1. The molecule has 0 aliphatic rings. The molecule has 7 heavy (non-hydrogen) atoms. The molecule has 0 aromatic carbocycles. The third kappa shape index (κ3) is 3.19. The van der Waals surface area contributed by atoms with Crippen LogP contribution in [0.5, 0.6) is 0 Å². The van der Waals surface area contributed by atoms with Crippen molar-refractivity contribution in [2.75, 3.05) is 0 Å². The Morgan fingerprint density at radius 2 is 1.29 bits per heavy atom. The SMILES string of the molecule is CC(C)[Te](F)(F)F. The molecule has 0 nitrogen and oxygen atoms in total. The molecule has 0 aromatic rings. The van der Waals surface area contributed by atoms with Gasteiger partial charge in [-0.1, -0.05) is 0 Å². The van der Waals surface area contributed by atoms with Crippen LogP contribution in [0.25, 0.3) is 0 Å². The fraction of sp³-hybridized carbons (Fsp3) is 1.00. The van der Waals surface area contributed by atoms with E-state index in [1.165, 1.54) is 13.8 Å². The molecule has 0 N–H and O–H groups in total. The Labute approximate surface area is 46.8 Å². The molecule has 46 valence electrons. The van der Waals surface area contributed by atoms with Gasteiger partial charge in [0.15, 0.2) is 0 Å². The number of halogens is 3. The predicted molar refractivity (Wildman–Crippen MR) is 24.2 cm³/mol. The van der Waals surface area contributed by atoms with Gasteiger partial charge in [-0.05, 0) is 0 Å². The van der Waals surface area contributed by atoms with E-state index < -0.39 is 23.8 Å². The van der Waals surface area contributed by atoms with E-state index in [4.69, 9.17) is 0 Å². The summed E-state index contributed by atoms with van der Waals surface area (Å²) in [7, 11) is 0. The second-order valence-corrected chi connectivity index (χ2v) is 6.71. The quantitative estimate of drug-likeness (QED) is 0.603. The van der Waals surface area contributed by atoms with Gasteiger partial charge in [0.25, 0.3) is 0 Å². The molecule has 0 atom stereocenters. The number of rotatable bonds is 1.